The molecule has 18 heavy (non-hydrogen) atoms. The molecule has 1 aromatic rings. The number of hydrogen-bond donors (Lipinski definition) is 2. The Bertz CT molecular complexity index is 399. The summed E-state index contributed by atoms with van der Waals surface area (Å²) in [5.41, 5.74) is 1.51. The third-order valence-corrected chi connectivity index (χ3v) is 3.19. The molecule has 0 aliphatic heterocycles. The highest BCUT2D eigenvalue weighted by Crippen LogP contribution is 2.25. The summed E-state index contributed by atoms with van der Waals surface area (Å²) in [7, 11) is 1.94. The standard InChI is InChI=1S/C14H24N2O2/c1-10-6-7-12(18)11(15-10)8-16(5)13(9-17)14(2,3)4/h6-7,13,17-18H,8-9H2,1-5H3. The highest BCUT2D eigenvalue weighted by Gasteiger charge is 2.28. The molecule has 0 spiro atoms. The van der Waals surface area contributed by atoms with Gasteiger partial charge in [0.05, 0.1) is 12.3 Å². The van der Waals surface area contributed by atoms with Gasteiger partial charge in [0.2, 0.25) is 0 Å². The van der Waals surface area contributed by atoms with Crippen molar-refractivity contribution < 1.29 is 10.2 Å². The summed E-state index contributed by atoms with van der Waals surface area (Å²) in [5, 5.41) is 19.3. The highest BCUT2D eigenvalue weighted by atomic mass is 16.3. The van der Waals surface area contributed by atoms with Crippen LogP contribution < -0.4 is 0 Å². The molecule has 1 aromatic heterocycles. The molecule has 102 valence electrons. The molecule has 1 heterocycles. The second kappa shape index (κ2) is 5.67. The number of pyridine rings is 1. The Hall–Kier alpha value is -1.13. The maximum Gasteiger partial charge on any atom is 0.138 e. The smallest absolute Gasteiger partial charge is 0.138 e. The Labute approximate surface area is 109 Å². The van der Waals surface area contributed by atoms with E-state index < -0.39 is 0 Å². The van der Waals surface area contributed by atoms with E-state index in [1.165, 1.54) is 0 Å². The van der Waals surface area contributed by atoms with Gasteiger partial charge in [-0.05, 0) is 31.5 Å². The van der Waals surface area contributed by atoms with E-state index in [-0.39, 0.29) is 23.8 Å². The summed E-state index contributed by atoms with van der Waals surface area (Å²) in [5.74, 6) is 0.207. The largest absolute Gasteiger partial charge is 0.506 e. The van der Waals surface area contributed by atoms with Crippen LogP contribution in [-0.2, 0) is 6.54 Å². The molecule has 0 saturated heterocycles. The third kappa shape index (κ3) is 3.68. The van der Waals surface area contributed by atoms with Crippen LogP contribution >= 0.6 is 0 Å². The Balaban J connectivity index is 2.86. The van der Waals surface area contributed by atoms with Crippen molar-refractivity contribution in [1.29, 1.82) is 0 Å². The fourth-order valence-electron chi connectivity index (χ4n) is 2.14. The summed E-state index contributed by atoms with van der Waals surface area (Å²) in [6.07, 6.45) is 0. The van der Waals surface area contributed by atoms with Crippen molar-refractivity contribution in [3.05, 3.63) is 23.5 Å². The van der Waals surface area contributed by atoms with Gasteiger partial charge >= 0.3 is 0 Å². The minimum Gasteiger partial charge on any atom is -0.506 e. The number of likely N-dealkylation sites (N-methyl/N-ethyl adjacent to an activating group) is 1. The van der Waals surface area contributed by atoms with E-state index in [1.807, 2.05) is 18.9 Å². The Morgan fingerprint density at radius 1 is 1.33 bits per heavy atom. The minimum absolute atomic E-state index is 0.0249. The van der Waals surface area contributed by atoms with E-state index in [2.05, 4.69) is 25.8 Å². The predicted octanol–water partition coefficient (Wildman–Crippen LogP) is 1.93. The molecular formula is C14H24N2O2. The molecule has 0 radical (unpaired) electrons. The second-order valence-electron chi connectivity index (χ2n) is 5.90. The lowest BCUT2D eigenvalue weighted by Gasteiger charge is -2.36. The zero-order valence-electron chi connectivity index (χ0n) is 11.9. The fourth-order valence-corrected chi connectivity index (χ4v) is 2.14. The third-order valence-electron chi connectivity index (χ3n) is 3.19. The first kappa shape index (κ1) is 14.9. The van der Waals surface area contributed by atoms with Crippen molar-refractivity contribution in [2.75, 3.05) is 13.7 Å². The second-order valence-corrected chi connectivity index (χ2v) is 5.90. The lowest BCUT2D eigenvalue weighted by Crippen LogP contribution is -2.44. The number of aliphatic hydroxyl groups excluding tert-OH is 1. The summed E-state index contributed by atoms with van der Waals surface area (Å²) in [6.45, 7) is 8.79. The lowest BCUT2D eigenvalue weighted by atomic mass is 9.86. The Morgan fingerprint density at radius 3 is 2.44 bits per heavy atom. The van der Waals surface area contributed by atoms with Crippen LogP contribution in [0.15, 0.2) is 12.1 Å². The molecule has 0 bridgehead atoms. The molecule has 1 unspecified atom stereocenters. The summed E-state index contributed by atoms with van der Waals surface area (Å²) >= 11 is 0. The van der Waals surface area contributed by atoms with Crippen LogP contribution in [0.25, 0.3) is 0 Å². The van der Waals surface area contributed by atoms with Crippen molar-refractivity contribution in [3.8, 4) is 5.75 Å². The number of aromatic nitrogens is 1. The van der Waals surface area contributed by atoms with Crippen molar-refractivity contribution in [2.45, 2.75) is 40.3 Å². The normalized spacial score (nSPS) is 13.9. The maximum atomic E-state index is 9.79. The monoisotopic (exact) mass is 252 g/mol. The van der Waals surface area contributed by atoms with Crippen LogP contribution in [0.2, 0.25) is 0 Å². The molecule has 0 fully saturated rings. The predicted molar refractivity (Wildman–Crippen MR) is 72.4 cm³/mol. The molecule has 1 rings (SSSR count). The van der Waals surface area contributed by atoms with Crippen LogP contribution in [0.3, 0.4) is 0 Å². The van der Waals surface area contributed by atoms with Gasteiger partial charge in [0.15, 0.2) is 0 Å². The molecule has 2 N–H and O–H groups in total. The average Bonchev–Trinajstić information content (AvgIpc) is 2.22. The molecular weight excluding hydrogens is 228 g/mol. The molecule has 4 heteroatoms. The molecule has 0 aromatic carbocycles. The number of aliphatic hydroxyl groups is 1. The number of aromatic hydroxyl groups is 1. The van der Waals surface area contributed by atoms with Crippen LogP contribution in [-0.4, -0.2) is 39.8 Å². The van der Waals surface area contributed by atoms with E-state index in [9.17, 15) is 10.2 Å². The number of aryl methyl sites for hydroxylation is 1. The Kier molecular flexibility index (Phi) is 4.71. The van der Waals surface area contributed by atoms with E-state index in [0.29, 0.717) is 12.2 Å². The van der Waals surface area contributed by atoms with E-state index in [0.717, 1.165) is 5.69 Å². The van der Waals surface area contributed by atoms with Gasteiger partial charge in [0.1, 0.15) is 5.75 Å². The minimum atomic E-state index is -0.0249. The number of hydrogen-bond acceptors (Lipinski definition) is 4. The first-order valence-electron chi connectivity index (χ1n) is 6.22. The van der Waals surface area contributed by atoms with Gasteiger partial charge in [-0.1, -0.05) is 20.8 Å². The van der Waals surface area contributed by atoms with Crippen LogP contribution in [0.1, 0.15) is 32.2 Å². The van der Waals surface area contributed by atoms with Gasteiger partial charge in [-0.15, -0.1) is 0 Å². The SMILES string of the molecule is Cc1ccc(O)c(CN(C)C(CO)C(C)(C)C)n1. The van der Waals surface area contributed by atoms with E-state index in [1.54, 1.807) is 12.1 Å². The lowest BCUT2D eigenvalue weighted by molar-refractivity contribution is 0.0601. The van der Waals surface area contributed by atoms with Gasteiger partial charge in [-0.25, -0.2) is 0 Å². The quantitative estimate of drug-likeness (QED) is 0.860. The van der Waals surface area contributed by atoms with Gasteiger partial charge in [0.25, 0.3) is 0 Å². The topological polar surface area (TPSA) is 56.6 Å². The zero-order valence-corrected chi connectivity index (χ0v) is 11.9. The highest BCUT2D eigenvalue weighted by molar-refractivity contribution is 5.27. The van der Waals surface area contributed by atoms with E-state index in [4.69, 9.17) is 0 Å². The van der Waals surface area contributed by atoms with Crippen molar-refractivity contribution in [2.24, 2.45) is 5.41 Å². The molecule has 4 nitrogen and oxygen atoms in total. The summed E-state index contributed by atoms with van der Waals surface area (Å²) in [4.78, 5) is 6.37. The Morgan fingerprint density at radius 2 is 1.94 bits per heavy atom. The molecule has 0 aliphatic carbocycles. The first-order valence-corrected chi connectivity index (χ1v) is 6.22. The molecule has 0 aliphatic rings. The zero-order chi connectivity index (χ0) is 13.9. The van der Waals surface area contributed by atoms with Gasteiger partial charge < -0.3 is 10.2 Å². The molecule has 1 atom stereocenters. The summed E-state index contributed by atoms with van der Waals surface area (Å²) in [6, 6.07) is 3.47. The molecule has 0 saturated carbocycles. The van der Waals surface area contributed by atoms with Crippen molar-refractivity contribution >= 4 is 0 Å². The summed E-state index contributed by atoms with van der Waals surface area (Å²) < 4.78 is 0. The first-order chi connectivity index (χ1) is 8.25. The van der Waals surface area contributed by atoms with E-state index >= 15 is 0 Å². The van der Waals surface area contributed by atoms with Gasteiger partial charge in [-0.3, -0.25) is 9.88 Å². The van der Waals surface area contributed by atoms with Gasteiger partial charge in [-0.2, -0.15) is 0 Å². The number of rotatable bonds is 4. The molecule has 0 amide bonds. The van der Waals surface area contributed by atoms with Crippen LogP contribution in [0.5, 0.6) is 5.75 Å². The van der Waals surface area contributed by atoms with Crippen molar-refractivity contribution in [3.63, 3.8) is 0 Å². The van der Waals surface area contributed by atoms with Crippen LogP contribution in [0, 0.1) is 12.3 Å². The van der Waals surface area contributed by atoms with Crippen molar-refractivity contribution in [1.82, 2.24) is 9.88 Å². The maximum absolute atomic E-state index is 9.79. The average molecular weight is 252 g/mol. The number of nitrogens with zero attached hydrogens (tertiary/aromatic N) is 2. The van der Waals surface area contributed by atoms with Crippen LogP contribution in [0.4, 0.5) is 0 Å². The fraction of sp³-hybridized carbons (Fsp3) is 0.643. The van der Waals surface area contributed by atoms with Gasteiger partial charge in [0, 0.05) is 18.3 Å².